The zero-order chi connectivity index (χ0) is 30.1. The van der Waals surface area contributed by atoms with Crippen LogP contribution >= 0.6 is 11.8 Å². The van der Waals surface area contributed by atoms with Gasteiger partial charge in [-0.3, -0.25) is 15.1 Å². The van der Waals surface area contributed by atoms with Crippen LogP contribution in [0.2, 0.25) is 0 Å². The van der Waals surface area contributed by atoms with E-state index in [0.29, 0.717) is 33.6 Å². The SMILES string of the molecule is CC1(C)CCSc2ccc(-c3[nH]c(-c4ccc(F)cc4)c(-c4ccncc4)c3C(=O)OCc3ccc([N+](=O)[O-])cc3)cc21. The maximum atomic E-state index is 14.1. The lowest BCUT2D eigenvalue weighted by Crippen LogP contribution is -2.22. The molecule has 43 heavy (non-hydrogen) atoms. The summed E-state index contributed by atoms with van der Waals surface area (Å²) < 4.78 is 19.8. The molecule has 5 aromatic rings. The van der Waals surface area contributed by atoms with Gasteiger partial charge in [-0.2, -0.15) is 0 Å². The van der Waals surface area contributed by atoms with Crippen LogP contribution < -0.4 is 0 Å². The number of thioether (sulfide) groups is 1. The van der Waals surface area contributed by atoms with Gasteiger partial charge in [-0.15, -0.1) is 11.8 Å². The van der Waals surface area contributed by atoms with Gasteiger partial charge in [-0.05, 0) is 106 Å². The number of nitro groups is 1. The standard InChI is InChI=1S/C34H28FN3O4S/c1-34(2)15-18-43-28-12-7-24(19-27(28)34)32-30(33(39)42-20-21-3-10-26(11-4-21)38(40)41)29(22-13-16-36-17-14-22)31(37-32)23-5-8-25(35)9-6-23/h3-14,16-17,19,37H,15,18,20H2,1-2H3. The van der Waals surface area contributed by atoms with Gasteiger partial charge in [0.1, 0.15) is 12.4 Å². The minimum atomic E-state index is -0.559. The molecular weight excluding hydrogens is 565 g/mol. The summed E-state index contributed by atoms with van der Waals surface area (Å²) in [7, 11) is 0. The van der Waals surface area contributed by atoms with Gasteiger partial charge in [0.2, 0.25) is 0 Å². The molecule has 2 aromatic heterocycles. The van der Waals surface area contributed by atoms with Crippen LogP contribution in [-0.2, 0) is 16.8 Å². The lowest BCUT2D eigenvalue weighted by Gasteiger charge is -2.32. The molecule has 0 fully saturated rings. The summed E-state index contributed by atoms with van der Waals surface area (Å²) in [6, 6.07) is 21.9. The average Bonchev–Trinajstić information content (AvgIpc) is 3.41. The van der Waals surface area contributed by atoms with Crippen LogP contribution in [0.5, 0.6) is 0 Å². The molecule has 3 heterocycles. The molecule has 0 unspecified atom stereocenters. The van der Waals surface area contributed by atoms with E-state index in [1.54, 1.807) is 36.7 Å². The number of benzene rings is 3. The van der Waals surface area contributed by atoms with Crippen LogP contribution in [0.15, 0.2) is 96.2 Å². The number of nitrogens with zero attached hydrogens (tertiary/aromatic N) is 2. The molecule has 0 aliphatic carbocycles. The highest BCUT2D eigenvalue weighted by Gasteiger charge is 2.31. The molecule has 1 N–H and O–H groups in total. The van der Waals surface area contributed by atoms with Gasteiger partial charge in [0, 0.05) is 35.0 Å². The van der Waals surface area contributed by atoms with Crippen molar-refractivity contribution in [1.82, 2.24) is 9.97 Å². The number of halogens is 1. The Bertz CT molecular complexity index is 1820. The first-order chi connectivity index (χ1) is 20.7. The first-order valence-corrected chi connectivity index (χ1v) is 14.8. The van der Waals surface area contributed by atoms with E-state index >= 15 is 0 Å². The van der Waals surface area contributed by atoms with Crippen molar-refractivity contribution in [2.24, 2.45) is 0 Å². The number of hydrogen-bond acceptors (Lipinski definition) is 6. The van der Waals surface area contributed by atoms with Crippen LogP contribution in [0, 0.1) is 15.9 Å². The topological polar surface area (TPSA) is 98.1 Å². The van der Waals surface area contributed by atoms with E-state index in [2.05, 4.69) is 35.9 Å². The van der Waals surface area contributed by atoms with Gasteiger partial charge < -0.3 is 9.72 Å². The Labute approximate surface area is 252 Å². The fourth-order valence-electron chi connectivity index (χ4n) is 5.39. The Balaban J connectivity index is 1.51. The Morgan fingerprint density at radius 3 is 2.37 bits per heavy atom. The molecule has 3 aromatic carbocycles. The molecule has 1 aliphatic rings. The number of aromatic amines is 1. The molecule has 0 saturated carbocycles. The second-order valence-corrected chi connectivity index (χ2v) is 12.2. The summed E-state index contributed by atoms with van der Waals surface area (Å²) in [6.45, 7) is 4.39. The molecule has 9 heteroatoms. The first-order valence-electron chi connectivity index (χ1n) is 13.8. The molecule has 6 rings (SSSR count). The third-order valence-electron chi connectivity index (χ3n) is 7.81. The number of nitro benzene ring substituents is 1. The Morgan fingerprint density at radius 1 is 0.977 bits per heavy atom. The zero-order valence-corrected chi connectivity index (χ0v) is 24.4. The number of pyridine rings is 1. The monoisotopic (exact) mass is 593 g/mol. The van der Waals surface area contributed by atoms with Crippen molar-refractivity contribution in [2.75, 3.05) is 5.75 Å². The summed E-state index contributed by atoms with van der Waals surface area (Å²) in [5.74, 6) is 0.123. The van der Waals surface area contributed by atoms with E-state index in [1.165, 1.54) is 34.7 Å². The number of carbonyl (C=O) groups is 1. The number of H-pyrrole nitrogens is 1. The minimum Gasteiger partial charge on any atom is -0.457 e. The predicted octanol–water partition coefficient (Wildman–Crippen LogP) is 8.59. The number of rotatable bonds is 7. The molecule has 7 nitrogen and oxygen atoms in total. The Kier molecular flexibility index (Phi) is 7.58. The molecule has 0 spiro atoms. The van der Waals surface area contributed by atoms with Gasteiger partial charge in [0.15, 0.2) is 0 Å². The highest BCUT2D eigenvalue weighted by molar-refractivity contribution is 7.99. The number of nitrogens with one attached hydrogen (secondary N) is 1. The summed E-state index contributed by atoms with van der Waals surface area (Å²) >= 11 is 1.83. The van der Waals surface area contributed by atoms with Crippen LogP contribution in [0.1, 0.15) is 41.8 Å². The summed E-state index contributed by atoms with van der Waals surface area (Å²) in [4.78, 5) is 33.5. The van der Waals surface area contributed by atoms with Crippen molar-refractivity contribution in [2.45, 2.75) is 37.2 Å². The number of hydrogen-bond donors (Lipinski definition) is 1. The van der Waals surface area contributed by atoms with E-state index in [-0.39, 0.29) is 23.5 Å². The van der Waals surface area contributed by atoms with Gasteiger partial charge in [-0.25, -0.2) is 9.18 Å². The number of ether oxygens (including phenoxy) is 1. The summed E-state index contributed by atoms with van der Waals surface area (Å²) in [5.41, 5.74) is 6.24. The maximum absolute atomic E-state index is 14.1. The van der Waals surface area contributed by atoms with Gasteiger partial charge >= 0.3 is 5.97 Å². The normalized spacial score (nSPS) is 13.7. The number of fused-ring (bicyclic) bond motifs is 1. The lowest BCUT2D eigenvalue weighted by molar-refractivity contribution is -0.384. The van der Waals surface area contributed by atoms with Crippen LogP contribution in [0.4, 0.5) is 10.1 Å². The van der Waals surface area contributed by atoms with Gasteiger partial charge in [0.25, 0.3) is 5.69 Å². The quantitative estimate of drug-likeness (QED) is 0.115. The molecule has 0 saturated heterocycles. The molecule has 0 amide bonds. The van der Waals surface area contributed by atoms with Crippen molar-refractivity contribution < 1.29 is 18.8 Å². The molecule has 0 bridgehead atoms. The smallest absolute Gasteiger partial charge is 0.341 e. The second kappa shape index (κ2) is 11.5. The third-order valence-corrected chi connectivity index (χ3v) is 8.88. The Hall–Kier alpha value is -4.76. The summed E-state index contributed by atoms with van der Waals surface area (Å²) in [6.07, 6.45) is 4.34. The largest absolute Gasteiger partial charge is 0.457 e. The second-order valence-electron chi connectivity index (χ2n) is 11.1. The van der Waals surface area contributed by atoms with Crippen molar-refractivity contribution in [3.8, 4) is 33.6 Å². The fourth-order valence-corrected chi connectivity index (χ4v) is 6.87. The minimum absolute atomic E-state index is 0.0342. The van der Waals surface area contributed by atoms with Crippen molar-refractivity contribution in [1.29, 1.82) is 0 Å². The molecular formula is C34H28FN3O4S. The van der Waals surface area contributed by atoms with Gasteiger partial charge in [-0.1, -0.05) is 19.9 Å². The van der Waals surface area contributed by atoms with Crippen LogP contribution in [0.3, 0.4) is 0 Å². The van der Waals surface area contributed by atoms with E-state index < -0.39 is 10.9 Å². The van der Waals surface area contributed by atoms with Crippen molar-refractivity contribution in [3.63, 3.8) is 0 Å². The molecule has 0 atom stereocenters. The van der Waals surface area contributed by atoms with Crippen LogP contribution in [-0.4, -0.2) is 26.6 Å². The van der Waals surface area contributed by atoms with Crippen molar-refractivity contribution >= 4 is 23.4 Å². The first kappa shape index (κ1) is 28.4. The highest BCUT2D eigenvalue weighted by Crippen LogP contribution is 2.45. The predicted molar refractivity (Wildman–Crippen MR) is 165 cm³/mol. The third kappa shape index (κ3) is 5.68. The summed E-state index contributed by atoms with van der Waals surface area (Å²) in [5, 5.41) is 11.1. The average molecular weight is 594 g/mol. The van der Waals surface area contributed by atoms with Crippen LogP contribution in [0.25, 0.3) is 33.6 Å². The number of carbonyl (C=O) groups excluding carboxylic acids is 1. The lowest BCUT2D eigenvalue weighted by atomic mass is 9.81. The fraction of sp³-hybridized carbons (Fsp3) is 0.176. The van der Waals surface area contributed by atoms with E-state index in [4.69, 9.17) is 4.74 Å². The number of non-ortho nitro benzene ring substituents is 1. The molecule has 216 valence electrons. The van der Waals surface area contributed by atoms with E-state index in [9.17, 15) is 19.3 Å². The molecule has 1 aliphatic heterocycles. The number of aromatic nitrogens is 2. The van der Waals surface area contributed by atoms with Gasteiger partial charge in [0.05, 0.1) is 21.9 Å². The molecule has 0 radical (unpaired) electrons. The Morgan fingerprint density at radius 2 is 1.67 bits per heavy atom. The van der Waals surface area contributed by atoms with Crippen molar-refractivity contribution in [3.05, 3.63) is 124 Å². The highest BCUT2D eigenvalue weighted by atomic mass is 32.2. The number of esters is 1. The van der Waals surface area contributed by atoms with E-state index in [0.717, 1.165) is 23.3 Å². The maximum Gasteiger partial charge on any atom is 0.341 e. The van der Waals surface area contributed by atoms with E-state index in [1.807, 2.05) is 30.0 Å². The zero-order valence-electron chi connectivity index (χ0n) is 23.6.